The van der Waals surface area contributed by atoms with Gasteiger partial charge in [0.2, 0.25) is 0 Å². The Morgan fingerprint density at radius 2 is 1.86 bits per heavy atom. The Morgan fingerprint density at radius 1 is 1.17 bits per heavy atom. The number of carboxylic acids is 1. The van der Waals surface area contributed by atoms with Crippen LogP contribution in [-0.4, -0.2) is 28.1 Å². The van der Waals surface area contributed by atoms with Crippen LogP contribution in [0.2, 0.25) is 5.02 Å². The van der Waals surface area contributed by atoms with Crippen LogP contribution in [0.4, 0.5) is 17.6 Å². The maximum absolute atomic E-state index is 13.5. The molecule has 0 fully saturated rings. The van der Waals surface area contributed by atoms with Gasteiger partial charge in [0, 0.05) is 10.9 Å². The summed E-state index contributed by atoms with van der Waals surface area (Å²) in [6.07, 6.45) is -4.87. The summed E-state index contributed by atoms with van der Waals surface area (Å²) in [6, 6.07) is 4.09. The first-order valence-electron chi connectivity index (χ1n) is 8.16. The molecule has 3 aromatic rings. The minimum absolute atomic E-state index is 0.0116. The van der Waals surface area contributed by atoms with E-state index in [9.17, 15) is 27.2 Å². The fourth-order valence-corrected chi connectivity index (χ4v) is 3.09. The summed E-state index contributed by atoms with van der Waals surface area (Å²) < 4.78 is 53.7. The number of carbonyl (C=O) groups excluding carboxylic acids is 1. The molecule has 3 rings (SSSR count). The lowest BCUT2D eigenvalue weighted by Crippen LogP contribution is -2.38. The highest BCUT2D eigenvalue weighted by Crippen LogP contribution is 2.34. The van der Waals surface area contributed by atoms with Crippen LogP contribution in [0, 0.1) is 12.7 Å². The van der Waals surface area contributed by atoms with E-state index in [1.54, 1.807) is 6.92 Å². The Morgan fingerprint density at radius 3 is 2.45 bits per heavy atom. The summed E-state index contributed by atoms with van der Waals surface area (Å²) in [5.74, 6) is -3.12. The van der Waals surface area contributed by atoms with Crippen molar-refractivity contribution in [1.29, 1.82) is 0 Å². The minimum atomic E-state index is -4.87. The number of aryl methyl sites for hydroxylation is 1. The lowest BCUT2D eigenvalue weighted by Gasteiger charge is -2.22. The van der Waals surface area contributed by atoms with Crippen LogP contribution in [0.1, 0.15) is 38.0 Å². The molecule has 5 nitrogen and oxygen atoms in total. The number of hydrogen-bond donors (Lipinski definition) is 3. The molecule has 1 atom stereocenters. The number of carbonyl (C=O) groups is 2. The van der Waals surface area contributed by atoms with Gasteiger partial charge in [-0.1, -0.05) is 17.7 Å². The van der Waals surface area contributed by atoms with Crippen LogP contribution in [0.15, 0.2) is 36.4 Å². The highest BCUT2D eigenvalue weighted by atomic mass is 35.5. The van der Waals surface area contributed by atoms with Crippen molar-refractivity contribution < 1.29 is 32.3 Å². The molecule has 0 radical (unpaired) electrons. The van der Waals surface area contributed by atoms with Crippen molar-refractivity contribution in [3.8, 4) is 0 Å². The van der Waals surface area contributed by atoms with Crippen molar-refractivity contribution in [2.45, 2.75) is 19.1 Å². The smallest absolute Gasteiger partial charge is 0.412 e. The molecular formula is C19H13ClF4N2O3. The van der Waals surface area contributed by atoms with Gasteiger partial charge in [-0.2, -0.15) is 13.2 Å². The molecule has 0 aliphatic carbocycles. The van der Waals surface area contributed by atoms with E-state index in [2.05, 4.69) is 4.98 Å². The van der Waals surface area contributed by atoms with Crippen molar-refractivity contribution >= 4 is 34.4 Å². The van der Waals surface area contributed by atoms with Crippen molar-refractivity contribution in [2.24, 2.45) is 0 Å². The Hall–Kier alpha value is -3.07. The van der Waals surface area contributed by atoms with Gasteiger partial charge in [0.15, 0.2) is 6.04 Å². The van der Waals surface area contributed by atoms with Gasteiger partial charge in [-0.05, 0) is 48.4 Å². The maximum atomic E-state index is 13.5. The predicted molar refractivity (Wildman–Crippen MR) is 97.7 cm³/mol. The number of amides is 1. The average Bonchev–Trinajstić information content (AvgIpc) is 3.03. The number of hydrogen-bond acceptors (Lipinski definition) is 2. The molecule has 2 aromatic carbocycles. The third kappa shape index (κ3) is 4.19. The lowest BCUT2D eigenvalue weighted by molar-refractivity contribution is -0.155. The van der Waals surface area contributed by atoms with Crippen LogP contribution < -0.4 is 5.32 Å². The van der Waals surface area contributed by atoms with Gasteiger partial charge in [0.25, 0.3) is 5.91 Å². The van der Waals surface area contributed by atoms with Crippen LogP contribution in [0.5, 0.6) is 0 Å². The number of benzene rings is 2. The fourth-order valence-electron chi connectivity index (χ4n) is 2.90. The van der Waals surface area contributed by atoms with E-state index in [0.29, 0.717) is 16.5 Å². The standard InChI is InChI=1S/C19H13ClF4N2O3/c1-8-4-14-10(5-11(8)18(28)29)7-15(25-14)17(27)26-16(19(22,23)24)9-2-3-13(21)12(20)6-9/h2-7,16,25H,1H3,(H,26,27)(H,28,29). The Labute approximate surface area is 166 Å². The van der Waals surface area contributed by atoms with Gasteiger partial charge < -0.3 is 15.4 Å². The summed E-state index contributed by atoms with van der Waals surface area (Å²) >= 11 is 5.56. The summed E-state index contributed by atoms with van der Waals surface area (Å²) in [4.78, 5) is 26.3. The van der Waals surface area contributed by atoms with E-state index in [1.807, 2.05) is 5.32 Å². The molecule has 0 saturated carbocycles. The van der Waals surface area contributed by atoms with Crippen LogP contribution >= 0.6 is 11.6 Å². The summed E-state index contributed by atoms with van der Waals surface area (Å²) in [7, 11) is 0. The van der Waals surface area contributed by atoms with Crippen molar-refractivity contribution in [2.75, 3.05) is 0 Å². The van der Waals surface area contributed by atoms with Crippen LogP contribution in [0.3, 0.4) is 0 Å². The van der Waals surface area contributed by atoms with E-state index in [0.717, 1.165) is 18.2 Å². The van der Waals surface area contributed by atoms with E-state index in [1.165, 1.54) is 18.2 Å². The zero-order chi connectivity index (χ0) is 21.5. The predicted octanol–water partition coefficient (Wildman–Crippen LogP) is 5.00. The van der Waals surface area contributed by atoms with Gasteiger partial charge in [0.1, 0.15) is 11.5 Å². The highest BCUT2D eigenvalue weighted by Gasteiger charge is 2.42. The molecule has 152 valence electrons. The molecule has 3 N–H and O–H groups in total. The van der Waals surface area contributed by atoms with Crippen molar-refractivity contribution in [1.82, 2.24) is 10.3 Å². The molecule has 1 heterocycles. The molecular weight excluding hydrogens is 416 g/mol. The van der Waals surface area contributed by atoms with Crippen LogP contribution in [0.25, 0.3) is 10.9 Å². The number of aromatic carboxylic acids is 1. The molecule has 0 spiro atoms. The van der Waals surface area contributed by atoms with Gasteiger partial charge in [-0.15, -0.1) is 0 Å². The van der Waals surface area contributed by atoms with Crippen molar-refractivity contribution in [3.05, 3.63) is 69.6 Å². The second-order valence-electron chi connectivity index (χ2n) is 6.36. The van der Waals surface area contributed by atoms with Gasteiger partial charge >= 0.3 is 12.1 Å². The number of aromatic nitrogens is 1. The number of fused-ring (bicyclic) bond motifs is 1. The molecule has 0 bridgehead atoms. The molecule has 0 saturated heterocycles. The number of alkyl halides is 3. The van der Waals surface area contributed by atoms with Gasteiger partial charge in [-0.3, -0.25) is 4.79 Å². The molecule has 10 heteroatoms. The van der Waals surface area contributed by atoms with E-state index < -0.39 is 40.5 Å². The summed E-state index contributed by atoms with van der Waals surface area (Å²) in [5, 5.41) is 10.9. The Kier molecular flexibility index (Phi) is 5.27. The number of carboxylic acid groups (broad SMARTS) is 1. The first kappa shape index (κ1) is 20.7. The van der Waals surface area contributed by atoms with Crippen LogP contribution in [-0.2, 0) is 0 Å². The first-order valence-corrected chi connectivity index (χ1v) is 8.54. The zero-order valence-electron chi connectivity index (χ0n) is 14.7. The monoisotopic (exact) mass is 428 g/mol. The zero-order valence-corrected chi connectivity index (χ0v) is 15.5. The third-order valence-electron chi connectivity index (χ3n) is 4.32. The molecule has 1 unspecified atom stereocenters. The van der Waals surface area contributed by atoms with Crippen molar-refractivity contribution in [3.63, 3.8) is 0 Å². The Balaban J connectivity index is 1.95. The average molecular weight is 429 g/mol. The second-order valence-corrected chi connectivity index (χ2v) is 6.77. The summed E-state index contributed by atoms with van der Waals surface area (Å²) in [5.41, 5.74) is 0.207. The molecule has 0 aliphatic heterocycles. The highest BCUT2D eigenvalue weighted by molar-refractivity contribution is 6.30. The quantitative estimate of drug-likeness (QED) is 0.511. The largest absolute Gasteiger partial charge is 0.478 e. The minimum Gasteiger partial charge on any atom is -0.478 e. The third-order valence-corrected chi connectivity index (χ3v) is 4.61. The number of rotatable bonds is 4. The second kappa shape index (κ2) is 7.40. The number of H-pyrrole nitrogens is 1. The number of halogens is 5. The van der Waals surface area contributed by atoms with Gasteiger partial charge in [-0.25, -0.2) is 9.18 Å². The SMILES string of the molecule is Cc1cc2[nH]c(C(=O)NC(c3ccc(F)c(Cl)c3)C(F)(F)F)cc2cc1C(=O)O. The molecule has 1 aromatic heterocycles. The lowest BCUT2D eigenvalue weighted by atomic mass is 10.1. The van der Waals surface area contributed by atoms with Gasteiger partial charge in [0.05, 0.1) is 10.6 Å². The fraction of sp³-hybridized carbons (Fsp3) is 0.158. The molecule has 29 heavy (non-hydrogen) atoms. The maximum Gasteiger partial charge on any atom is 0.412 e. The van der Waals surface area contributed by atoms with E-state index >= 15 is 0 Å². The molecule has 1 amide bonds. The first-order chi connectivity index (χ1) is 13.5. The van der Waals surface area contributed by atoms with E-state index in [4.69, 9.17) is 16.7 Å². The number of aromatic amines is 1. The van der Waals surface area contributed by atoms with E-state index in [-0.39, 0.29) is 11.3 Å². The molecule has 0 aliphatic rings. The normalized spacial score (nSPS) is 12.8. The number of nitrogens with one attached hydrogen (secondary N) is 2. The summed E-state index contributed by atoms with van der Waals surface area (Å²) in [6.45, 7) is 1.56. The topological polar surface area (TPSA) is 82.2 Å². The Bertz CT molecular complexity index is 1120.